The van der Waals surface area contributed by atoms with Gasteiger partial charge in [-0.2, -0.15) is 5.10 Å². The van der Waals surface area contributed by atoms with Crippen molar-refractivity contribution < 1.29 is 4.74 Å². The number of nitrogens with one attached hydrogen (secondary N) is 1. The summed E-state index contributed by atoms with van der Waals surface area (Å²) in [7, 11) is 0. The van der Waals surface area contributed by atoms with E-state index in [0.717, 1.165) is 59.7 Å². The maximum absolute atomic E-state index is 6.08. The molecule has 6 rings (SSSR count). The lowest BCUT2D eigenvalue weighted by atomic mass is 10.0. The average molecular weight is 452 g/mol. The molecule has 170 valence electrons. The lowest BCUT2D eigenvalue weighted by molar-refractivity contribution is 0.122. The highest BCUT2D eigenvalue weighted by Gasteiger charge is 2.20. The Morgan fingerprint density at radius 3 is 2.62 bits per heavy atom. The van der Waals surface area contributed by atoms with Gasteiger partial charge in [0, 0.05) is 35.3 Å². The van der Waals surface area contributed by atoms with Crippen LogP contribution in [-0.4, -0.2) is 51.5 Å². The highest BCUT2D eigenvalue weighted by Crippen LogP contribution is 2.34. The average Bonchev–Trinajstić information content (AvgIpc) is 3.48. The van der Waals surface area contributed by atoms with Gasteiger partial charge >= 0.3 is 0 Å². The zero-order chi connectivity index (χ0) is 22.9. The Morgan fingerprint density at radius 1 is 0.912 bits per heavy atom. The van der Waals surface area contributed by atoms with Crippen molar-refractivity contribution in [3.63, 3.8) is 0 Å². The smallest absolute Gasteiger partial charge is 0.153 e. The third kappa shape index (κ3) is 3.78. The molecular formula is C26H25N7O. The van der Waals surface area contributed by atoms with E-state index in [1.54, 1.807) is 0 Å². The van der Waals surface area contributed by atoms with Crippen LogP contribution in [0.3, 0.4) is 0 Å². The molecule has 0 atom stereocenters. The Hall–Kier alpha value is -4.17. The van der Waals surface area contributed by atoms with Crippen LogP contribution in [-0.2, 0) is 11.3 Å². The topological polar surface area (TPSA) is 97.9 Å². The molecule has 0 aliphatic carbocycles. The number of anilines is 2. The van der Waals surface area contributed by atoms with Crippen LogP contribution >= 0.6 is 0 Å². The van der Waals surface area contributed by atoms with E-state index < -0.39 is 0 Å². The van der Waals surface area contributed by atoms with Gasteiger partial charge in [-0.15, -0.1) is 5.10 Å². The number of nitrogens with two attached hydrogens (primary N) is 1. The maximum Gasteiger partial charge on any atom is 0.153 e. The Balaban J connectivity index is 1.48. The lowest BCUT2D eigenvalue weighted by Crippen LogP contribution is -2.36. The van der Waals surface area contributed by atoms with Crippen molar-refractivity contribution in [3.8, 4) is 22.5 Å². The standard InChI is InChI=1S/C26H25N7O/c27-26-22-16-19(9-10-23(22)28-30-26)24-25(33(31-29-24)17-18-5-2-1-3-6-18)20-7-4-8-21(15-20)32-11-13-34-14-12-32/h1-10,15-16H,11-14,17H2,(H3,27,28,30). The molecule has 0 spiro atoms. The van der Waals surface area contributed by atoms with E-state index in [2.05, 4.69) is 61.8 Å². The van der Waals surface area contributed by atoms with E-state index in [1.807, 2.05) is 41.1 Å². The summed E-state index contributed by atoms with van der Waals surface area (Å²) < 4.78 is 7.52. The van der Waals surface area contributed by atoms with Crippen LogP contribution in [0.25, 0.3) is 33.4 Å². The van der Waals surface area contributed by atoms with Crippen LogP contribution < -0.4 is 10.6 Å². The number of fused-ring (bicyclic) bond motifs is 1. The first-order valence-electron chi connectivity index (χ1n) is 11.4. The molecule has 1 aliphatic heterocycles. The van der Waals surface area contributed by atoms with Gasteiger partial charge < -0.3 is 15.4 Å². The molecule has 0 amide bonds. The fraction of sp³-hybridized carbons (Fsp3) is 0.192. The molecule has 3 aromatic carbocycles. The first kappa shape index (κ1) is 20.4. The molecule has 8 heteroatoms. The largest absolute Gasteiger partial charge is 0.382 e. The molecule has 0 saturated carbocycles. The Bertz CT molecular complexity index is 1430. The molecule has 1 saturated heterocycles. The van der Waals surface area contributed by atoms with Crippen molar-refractivity contribution in [1.29, 1.82) is 0 Å². The summed E-state index contributed by atoms with van der Waals surface area (Å²) in [4.78, 5) is 2.36. The van der Waals surface area contributed by atoms with E-state index >= 15 is 0 Å². The first-order valence-corrected chi connectivity index (χ1v) is 11.4. The summed E-state index contributed by atoms with van der Waals surface area (Å²) in [6, 6.07) is 25.0. The minimum atomic E-state index is 0.476. The number of nitrogen functional groups attached to an aromatic ring is 1. The normalized spacial score (nSPS) is 14.1. The molecule has 0 bridgehead atoms. The summed E-state index contributed by atoms with van der Waals surface area (Å²) in [5, 5.41) is 17.2. The zero-order valence-corrected chi connectivity index (χ0v) is 18.7. The summed E-state index contributed by atoms with van der Waals surface area (Å²) in [5.74, 6) is 0.476. The van der Waals surface area contributed by atoms with Crippen molar-refractivity contribution >= 4 is 22.4 Å². The van der Waals surface area contributed by atoms with Crippen molar-refractivity contribution in [1.82, 2.24) is 25.2 Å². The molecular weight excluding hydrogens is 426 g/mol. The van der Waals surface area contributed by atoms with Crippen LogP contribution in [0.4, 0.5) is 11.5 Å². The quantitative estimate of drug-likeness (QED) is 0.420. The number of ether oxygens (including phenoxy) is 1. The van der Waals surface area contributed by atoms with Gasteiger partial charge in [-0.25, -0.2) is 4.68 Å². The number of hydrogen-bond acceptors (Lipinski definition) is 6. The minimum absolute atomic E-state index is 0.476. The third-order valence-corrected chi connectivity index (χ3v) is 6.27. The molecule has 2 aromatic heterocycles. The van der Waals surface area contributed by atoms with Gasteiger partial charge in [0.1, 0.15) is 5.69 Å². The van der Waals surface area contributed by atoms with Crippen LogP contribution in [0.2, 0.25) is 0 Å². The lowest BCUT2D eigenvalue weighted by Gasteiger charge is -2.29. The van der Waals surface area contributed by atoms with Crippen LogP contribution in [0.5, 0.6) is 0 Å². The summed E-state index contributed by atoms with van der Waals surface area (Å²) in [5.41, 5.74) is 13.1. The first-order chi connectivity index (χ1) is 16.8. The van der Waals surface area contributed by atoms with Crippen molar-refractivity contribution in [2.45, 2.75) is 6.54 Å². The molecule has 1 aliphatic rings. The molecule has 0 radical (unpaired) electrons. The number of hydrogen-bond donors (Lipinski definition) is 2. The van der Waals surface area contributed by atoms with E-state index in [4.69, 9.17) is 10.5 Å². The van der Waals surface area contributed by atoms with Gasteiger partial charge in [-0.3, -0.25) is 5.10 Å². The van der Waals surface area contributed by atoms with E-state index in [-0.39, 0.29) is 0 Å². The van der Waals surface area contributed by atoms with E-state index in [0.29, 0.717) is 12.4 Å². The van der Waals surface area contributed by atoms with Gasteiger partial charge in [0.05, 0.1) is 31.0 Å². The predicted molar refractivity (Wildman–Crippen MR) is 134 cm³/mol. The highest BCUT2D eigenvalue weighted by molar-refractivity contribution is 5.93. The predicted octanol–water partition coefficient (Wildman–Crippen LogP) is 3.96. The fourth-order valence-electron chi connectivity index (χ4n) is 4.51. The third-order valence-electron chi connectivity index (χ3n) is 6.27. The molecule has 5 aromatic rings. The van der Waals surface area contributed by atoms with Crippen LogP contribution in [0.1, 0.15) is 5.56 Å². The van der Waals surface area contributed by atoms with Gasteiger partial charge in [0.25, 0.3) is 0 Å². The Kier molecular flexibility index (Phi) is 5.20. The molecule has 1 fully saturated rings. The zero-order valence-electron chi connectivity index (χ0n) is 18.7. The maximum atomic E-state index is 6.08. The number of H-pyrrole nitrogens is 1. The van der Waals surface area contributed by atoms with Gasteiger partial charge in [0.15, 0.2) is 5.82 Å². The molecule has 3 heterocycles. The van der Waals surface area contributed by atoms with Crippen LogP contribution in [0.15, 0.2) is 72.8 Å². The minimum Gasteiger partial charge on any atom is -0.382 e. The Morgan fingerprint density at radius 2 is 1.76 bits per heavy atom. The second-order valence-corrected chi connectivity index (χ2v) is 8.45. The monoisotopic (exact) mass is 451 g/mol. The summed E-state index contributed by atoms with van der Waals surface area (Å²) >= 11 is 0. The van der Waals surface area contributed by atoms with Gasteiger partial charge in [-0.1, -0.05) is 53.7 Å². The molecule has 8 nitrogen and oxygen atoms in total. The number of rotatable bonds is 5. The van der Waals surface area contributed by atoms with Gasteiger partial charge in [-0.05, 0) is 29.8 Å². The number of aromatic amines is 1. The van der Waals surface area contributed by atoms with E-state index in [9.17, 15) is 0 Å². The molecule has 0 unspecified atom stereocenters. The van der Waals surface area contributed by atoms with E-state index in [1.165, 1.54) is 11.3 Å². The van der Waals surface area contributed by atoms with Crippen molar-refractivity contribution in [2.24, 2.45) is 0 Å². The van der Waals surface area contributed by atoms with Crippen molar-refractivity contribution in [3.05, 3.63) is 78.4 Å². The SMILES string of the molecule is Nc1n[nH]c2ccc(-c3nnn(Cc4ccccc4)c3-c3cccc(N4CCOCC4)c3)cc12. The highest BCUT2D eigenvalue weighted by atomic mass is 16.5. The fourth-order valence-corrected chi connectivity index (χ4v) is 4.51. The van der Waals surface area contributed by atoms with Crippen LogP contribution in [0, 0.1) is 0 Å². The number of morpholine rings is 1. The second kappa shape index (κ2) is 8.64. The molecule has 3 N–H and O–H groups in total. The second-order valence-electron chi connectivity index (χ2n) is 8.45. The number of nitrogens with zero attached hydrogens (tertiary/aromatic N) is 5. The number of aromatic nitrogens is 5. The summed E-state index contributed by atoms with van der Waals surface area (Å²) in [6.07, 6.45) is 0. The van der Waals surface area contributed by atoms with Crippen molar-refractivity contribution in [2.75, 3.05) is 36.9 Å². The van der Waals surface area contributed by atoms with Gasteiger partial charge in [0.2, 0.25) is 0 Å². The Labute approximate surface area is 197 Å². The number of benzene rings is 3. The molecule has 34 heavy (non-hydrogen) atoms. The summed E-state index contributed by atoms with van der Waals surface area (Å²) in [6.45, 7) is 3.88.